The number of benzene rings is 1. The van der Waals surface area contributed by atoms with Crippen LogP contribution in [0, 0.1) is 6.92 Å². The maximum Gasteiger partial charge on any atom is 0.239 e. The second kappa shape index (κ2) is 5.82. The van der Waals surface area contributed by atoms with Crippen LogP contribution < -0.4 is 11.1 Å². The van der Waals surface area contributed by atoms with Crippen molar-refractivity contribution in [2.24, 2.45) is 0 Å². The van der Waals surface area contributed by atoms with Gasteiger partial charge in [-0.15, -0.1) is 0 Å². The van der Waals surface area contributed by atoms with E-state index >= 15 is 0 Å². The van der Waals surface area contributed by atoms with Gasteiger partial charge in [0.1, 0.15) is 5.25 Å². The van der Waals surface area contributed by atoms with Gasteiger partial charge in [-0.1, -0.05) is 6.92 Å². The molecule has 0 aliphatic carbocycles. The fourth-order valence-electron chi connectivity index (χ4n) is 1.43. The fourth-order valence-corrected chi connectivity index (χ4v) is 2.23. The molecule has 0 spiro atoms. The maximum absolute atomic E-state index is 11.8. The molecule has 1 aromatic rings. The van der Waals surface area contributed by atoms with Gasteiger partial charge in [0, 0.05) is 27.9 Å². The van der Waals surface area contributed by atoms with Crippen LogP contribution in [0.15, 0.2) is 18.2 Å². The van der Waals surface area contributed by atoms with Crippen molar-refractivity contribution in [3.8, 4) is 0 Å². The first-order chi connectivity index (χ1) is 7.95. The summed E-state index contributed by atoms with van der Waals surface area (Å²) < 4.78 is 11.5. The van der Waals surface area contributed by atoms with Gasteiger partial charge in [-0.3, -0.25) is 9.00 Å². The van der Waals surface area contributed by atoms with Gasteiger partial charge in [0.15, 0.2) is 0 Å². The van der Waals surface area contributed by atoms with Crippen LogP contribution in [0.1, 0.15) is 19.4 Å². The second-order valence-electron chi connectivity index (χ2n) is 3.88. The minimum absolute atomic E-state index is 0.224. The molecule has 0 radical (unpaired) electrons. The number of aryl methyl sites for hydroxylation is 1. The van der Waals surface area contributed by atoms with E-state index in [0.29, 0.717) is 17.1 Å². The molecule has 0 heterocycles. The van der Waals surface area contributed by atoms with Gasteiger partial charge in [-0.05, 0) is 37.6 Å². The third kappa shape index (κ3) is 3.56. The zero-order chi connectivity index (χ0) is 13.0. The van der Waals surface area contributed by atoms with Gasteiger partial charge < -0.3 is 11.1 Å². The number of carbonyl (C=O) groups is 1. The van der Waals surface area contributed by atoms with Crippen LogP contribution in [-0.2, 0) is 15.6 Å². The van der Waals surface area contributed by atoms with E-state index in [0.717, 1.165) is 5.56 Å². The summed E-state index contributed by atoms with van der Waals surface area (Å²) in [6, 6.07) is 5.27. The first-order valence-electron chi connectivity index (χ1n) is 5.50. The topological polar surface area (TPSA) is 72.2 Å². The molecule has 0 saturated heterocycles. The Hall–Kier alpha value is -1.36. The predicted molar refractivity (Wildman–Crippen MR) is 72.4 cm³/mol. The van der Waals surface area contributed by atoms with E-state index in [1.54, 1.807) is 32.0 Å². The van der Waals surface area contributed by atoms with Crippen LogP contribution in [0.5, 0.6) is 0 Å². The minimum Gasteiger partial charge on any atom is -0.399 e. The zero-order valence-corrected chi connectivity index (χ0v) is 11.1. The third-order valence-electron chi connectivity index (χ3n) is 2.56. The lowest BCUT2D eigenvalue weighted by molar-refractivity contribution is -0.115. The quantitative estimate of drug-likeness (QED) is 0.803. The van der Waals surface area contributed by atoms with E-state index in [1.165, 1.54) is 0 Å². The Bertz CT molecular complexity index is 446. The molecule has 2 unspecified atom stereocenters. The Morgan fingerprint density at radius 3 is 2.71 bits per heavy atom. The highest BCUT2D eigenvalue weighted by Crippen LogP contribution is 2.18. The number of nitrogens with two attached hydrogens (primary N) is 1. The number of nitrogens with one attached hydrogen (secondary N) is 1. The Kier molecular flexibility index (Phi) is 4.69. The lowest BCUT2D eigenvalue weighted by Crippen LogP contribution is -2.30. The smallest absolute Gasteiger partial charge is 0.239 e. The highest BCUT2D eigenvalue weighted by atomic mass is 32.2. The van der Waals surface area contributed by atoms with E-state index < -0.39 is 16.0 Å². The van der Waals surface area contributed by atoms with Gasteiger partial charge in [0.05, 0.1) is 0 Å². The highest BCUT2D eigenvalue weighted by Gasteiger charge is 2.18. The number of nitrogen functional groups attached to an aromatic ring is 1. The van der Waals surface area contributed by atoms with E-state index in [2.05, 4.69) is 5.32 Å². The van der Waals surface area contributed by atoms with Gasteiger partial charge in [-0.2, -0.15) is 0 Å². The minimum atomic E-state index is -1.12. The molecule has 1 amide bonds. The van der Waals surface area contributed by atoms with Crippen molar-refractivity contribution in [2.45, 2.75) is 26.0 Å². The molecular formula is C12H18N2O2S. The first kappa shape index (κ1) is 13.7. The van der Waals surface area contributed by atoms with Crippen molar-refractivity contribution in [3.05, 3.63) is 23.8 Å². The SMILES string of the molecule is CCS(=O)C(C)C(=O)Nc1ccc(N)cc1C. The molecule has 0 saturated carbocycles. The van der Waals surface area contributed by atoms with Gasteiger partial charge in [0.2, 0.25) is 5.91 Å². The van der Waals surface area contributed by atoms with Crippen LogP contribution in [0.4, 0.5) is 11.4 Å². The lowest BCUT2D eigenvalue weighted by atomic mass is 10.2. The zero-order valence-electron chi connectivity index (χ0n) is 10.3. The molecule has 0 fully saturated rings. The van der Waals surface area contributed by atoms with Gasteiger partial charge in [0.25, 0.3) is 0 Å². The van der Waals surface area contributed by atoms with Crippen LogP contribution in [0.25, 0.3) is 0 Å². The van der Waals surface area contributed by atoms with E-state index in [9.17, 15) is 9.00 Å². The van der Waals surface area contributed by atoms with Crippen LogP contribution in [0.2, 0.25) is 0 Å². The third-order valence-corrected chi connectivity index (χ3v) is 4.13. The second-order valence-corrected chi connectivity index (χ2v) is 5.92. The molecule has 17 heavy (non-hydrogen) atoms. The average molecular weight is 254 g/mol. The summed E-state index contributed by atoms with van der Waals surface area (Å²) in [5.41, 5.74) is 7.89. The molecular weight excluding hydrogens is 236 g/mol. The van der Waals surface area contributed by atoms with Crippen LogP contribution in [-0.4, -0.2) is 21.1 Å². The summed E-state index contributed by atoms with van der Waals surface area (Å²) in [7, 11) is -1.12. The summed E-state index contributed by atoms with van der Waals surface area (Å²) in [5.74, 6) is 0.257. The van der Waals surface area contributed by atoms with E-state index in [1.807, 2.05) is 6.92 Å². The van der Waals surface area contributed by atoms with Crippen molar-refractivity contribution >= 4 is 28.1 Å². The maximum atomic E-state index is 11.8. The molecule has 4 nitrogen and oxygen atoms in total. The molecule has 1 rings (SSSR count). The number of rotatable bonds is 4. The molecule has 1 aromatic carbocycles. The largest absolute Gasteiger partial charge is 0.399 e. The Morgan fingerprint density at radius 1 is 1.53 bits per heavy atom. The molecule has 0 aromatic heterocycles. The number of amides is 1. The molecule has 0 aliphatic rings. The number of anilines is 2. The molecule has 3 N–H and O–H groups in total. The molecule has 0 aliphatic heterocycles. The molecule has 94 valence electrons. The van der Waals surface area contributed by atoms with Gasteiger partial charge in [-0.25, -0.2) is 0 Å². The van der Waals surface area contributed by atoms with Crippen molar-refractivity contribution < 1.29 is 9.00 Å². The van der Waals surface area contributed by atoms with Crippen LogP contribution in [0.3, 0.4) is 0 Å². The monoisotopic (exact) mass is 254 g/mol. The van der Waals surface area contributed by atoms with Crippen molar-refractivity contribution in [1.82, 2.24) is 0 Å². The summed E-state index contributed by atoms with van der Waals surface area (Å²) >= 11 is 0. The lowest BCUT2D eigenvalue weighted by Gasteiger charge is -2.13. The molecule has 5 heteroatoms. The Balaban J connectivity index is 2.78. The number of carbonyl (C=O) groups excluding carboxylic acids is 1. The van der Waals surface area contributed by atoms with Crippen molar-refractivity contribution in [2.75, 3.05) is 16.8 Å². The summed E-state index contributed by atoms with van der Waals surface area (Å²) in [6.07, 6.45) is 0. The van der Waals surface area contributed by atoms with Crippen molar-refractivity contribution in [3.63, 3.8) is 0 Å². The molecule has 2 atom stereocenters. The van der Waals surface area contributed by atoms with Crippen LogP contribution >= 0.6 is 0 Å². The fraction of sp³-hybridized carbons (Fsp3) is 0.417. The summed E-state index contributed by atoms with van der Waals surface area (Å²) in [5, 5.41) is 2.26. The highest BCUT2D eigenvalue weighted by molar-refractivity contribution is 7.86. The van der Waals surface area contributed by atoms with Crippen molar-refractivity contribution in [1.29, 1.82) is 0 Å². The van der Waals surface area contributed by atoms with E-state index in [4.69, 9.17) is 5.73 Å². The predicted octanol–water partition coefficient (Wildman–Crippen LogP) is 1.67. The number of hydrogen-bond acceptors (Lipinski definition) is 3. The standard InChI is InChI=1S/C12H18N2O2S/c1-4-17(16)9(3)12(15)14-11-6-5-10(13)7-8(11)2/h5-7,9H,4,13H2,1-3H3,(H,14,15). The normalized spacial score (nSPS) is 14.1. The number of hydrogen-bond donors (Lipinski definition) is 2. The summed E-state index contributed by atoms with van der Waals surface area (Å²) in [6.45, 7) is 5.34. The van der Waals surface area contributed by atoms with Gasteiger partial charge >= 0.3 is 0 Å². The Morgan fingerprint density at radius 2 is 2.18 bits per heavy atom. The average Bonchev–Trinajstić information content (AvgIpc) is 2.30. The summed E-state index contributed by atoms with van der Waals surface area (Å²) in [4.78, 5) is 11.8. The first-order valence-corrected chi connectivity index (χ1v) is 6.88. The molecule has 0 bridgehead atoms. The van der Waals surface area contributed by atoms with E-state index in [-0.39, 0.29) is 5.91 Å². The Labute approximate surface area is 104 Å².